The molecule has 1 saturated carbocycles. The van der Waals surface area contributed by atoms with Crippen molar-refractivity contribution in [3.63, 3.8) is 0 Å². The first kappa shape index (κ1) is 12.7. The molecule has 1 fully saturated rings. The van der Waals surface area contributed by atoms with Crippen LogP contribution in [0.1, 0.15) is 48.6 Å². The van der Waals surface area contributed by atoms with E-state index in [4.69, 9.17) is 4.43 Å². The van der Waals surface area contributed by atoms with Crippen molar-refractivity contribution in [1.82, 2.24) is 0 Å². The van der Waals surface area contributed by atoms with Gasteiger partial charge in [0.05, 0.1) is 0 Å². The maximum Gasteiger partial charge on any atom is 0.242 e. The summed E-state index contributed by atoms with van der Waals surface area (Å²) >= 11 is 3.75. The summed E-state index contributed by atoms with van der Waals surface area (Å²) in [6.45, 7) is 6.80. The molecule has 0 atom stereocenters. The van der Waals surface area contributed by atoms with E-state index in [1.165, 1.54) is 41.5 Å². The van der Waals surface area contributed by atoms with Crippen LogP contribution < -0.4 is 4.43 Å². The highest BCUT2D eigenvalue weighted by molar-refractivity contribution is 9.10. The molecule has 3 heteroatoms. The molecule has 1 nitrogen and oxygen atoms in total. The second-order valence-corrected chi connectivity index (χ2v) is 11.9. The fraction of sp³-hybridized carbons (Fsp3) is 0.600. The second-order valence-electron chi connectivity index (χ2n) is 6.64. The standard InChI is InChI=1S/C15H21BrOSi/c1-18(2,3)17-13-9-8-12(16)14-10-4-6-11(7-5-10)15(13)14/h8-11H,4-7H2,1-3H3. The second kappa shape index (κ2) is 4.38. The Balaban J connectivity index is 2.10. The molecule has 0 spiro atoms. The molecule has 3 aliphatic carbocycles. The zero-order valence-corrected chi connectivity index (χ0v) is 14.0. The number of hydrogen-bond donors (Lipinski definition) is 0. The average Bonchev–Trinajstić information content (AvgIpc) is 2.32. The van der Waals surface area contributed by atoms with E-state index in [0.29, 0.717) is 0 Å². The predicted molar refractivity (Wildman–Crippen MR) is 82.1 cm³/mol. The molecule has 0 aliphatic heterocycles. The highest BCUT2D eigenvalue weighted by Crippen LogP contribution is 2.54. The van der Waals surface area contributed by atoms with Crippen LogP contribution in [0, 0.1) is 0 Å². The van der Waals surface area contributed by atoms with Crippen molar-refractivity contribution in [2.45, 2.75) is 57.2 Å². The van der Waals surface area contributed by atoms with Gasteiger partial charge in [-0.3, -0.25) is 0 Å². The molecule has 18 heavy (non-hydrogen) atoms. The van der Waals surface area contributed by atoms with Crippen LogP contribution >= 0.6 is 15.9 Å². The van der Waals surface area contributed by atoms with Gasteiger partial charge >= 0.3 is 0 Å². The van der Waals surface area contributed by atoms with Crippen LogP contribution in [0.25, 0.3) is 0 Å². The Morgan fingerprint density at radius 2 is 1.56 bits per heavy atom. The molecule has 98 valence electrons. The molecular formula is C15H21BrOSi. The first-order valence-corrected chi connectivity index (χ1v) is 11.2. The van der Waals surface area contributed by atoms with Crippen LogP contribution in [-0.2, 0) is 0 Å². The van der Waals surface area contributed by atoms with E-state index in [9.17, 15) is 0 Å². The summed E-state index contributed by atoms with van der Waals surface area (Å²) in [5.74, 6) is 2.69. The lowest BCUT2D eigenvalue weighted by Gasteiger charge is -2.40. The molecule has 2 bridgehead atoms. The minimum absolute atomic E-state index is 0.744. The fourth-order valence-electron chi connectivity index (χ4n) is 3.52. The van der Waals surface area contributed by atoms with Gasteiger partial charge in [0.25, 0.3) is 0 Å². The molecule has 0 amide bonds. The molecule has 3 aliphatic rings. The normalized spacial score (nSPS) is 26.0. The minimum atomic E-state index is -1.52. The van der Waals surface area contributed by atoms with Crippen molar-refractivity contribution in [1.29, 1.82) is 0 Å². The van der Waals surface area contributed by atoms with Crippen LogP contribution in [0.15, 0.2) is 16.6 Å². The smallest absolute Gasteiger partial charge is 0.242 e. The van der Waals surface area contributed by atoms with Crippen molar-refractivity contribution < 1.29 is 4.43 Å². The van der Waals surface area contributed by atoms with Crippen molar-refractivity contribution in [3.05, 3.63) is 27.7 Å². The van der Waals surface area contributed by atoms with Gasteiger partial charge in [-0.25, -0.2) is 0 Å². The Hall–Kier alpha value is -0.283. The topological polar surface area (TPSA) is 9.23 Å². The number of fused-ring (bicyclic) bond motifs is 2. The van der Waals surface area contributed by atoms with Gasteiger partial charge < -0.3 is 4.43 Å². The summed E-state index contributed by atoms with van der Waals surface area (Å²) in [5, 5.41) is 0. The van der Waals surface area contributed by atoms with Crippen LogP contribution in [0.4, 0.5) is 0 Å². The quantitative estimate of drug-likeness (QED) is 0.660. The van der Waals surface area contributed by atoms with Gasteiger partial charge in [-0.15, -0.1) is 0 Å². The molecule has 0 radical (unpaired) electrons. The Labute approximate surface area is 119 Å². The Bertz CT molecular complexity index is 470. The van der Waals surface area contributed by atoms with Gasteiger partial charge in [0.2, 0.25) is 8.32 Å². The molecule has 0 heterocycles. The first-order valence-electron chi connectivity index (χ1n) is 6.97. The minimum Gasteiger partial charge on any atom is -0.544 e. The third-order valence-electron chi connectivity index (χ3n) is 4.15. The summed E-state index contributed by atoms with van der Waals surface area (Å²) in [5.41, 5.74) is 3.10. The molecule has 1 aromatic carbocycles. The lowest BCUT2D eigenvalue weighted by Crippen LogP contribution is -2.31. The van der Waals surface area contributed by atoms with Gasteiger partial charge in [-0.1, -0.05) is 15.9 Å². The summed E-state index contributed by atoms with van der Waals surface area (Å²) in [4.78, 5) is 0. The van der Waals surface area contributed by atoms with Crippen LogP contribution in [0.2, 0.25) is 19.6 Å². The maximum atomic E-state index is 6.33. The summed E-state index contributed by atoms with van der Waals surface area (Å²) < 4.78 is 7.63. The van der Waals surface area contributed by atoms with Crippen LogP contribution in [0.5, 0.6) is 5.75 Å². The lowest BCUT2D eigenvalue weighted by molar-refractivity contribution is 0.349. The maximum absolute atomic E-state index is 6.33. The summed E-state index contributed by atoms with van der Waals surface area (Å²) in [7, 11) is -1.52. The molecule has 0 unspecified atom stereocenters. The number of benzene rings is 1. The Morgan fingerprint density at radius 3 is 2.11 bits per heavy atom. The monoisotopic (exact) mass is 324 g/mol. The third kappa shape index (κ3) is 2.16. The fourth-order valence-corrected chi connectivity index (χ4v) is 5.02. The molecule has 0 N–H and O–H groups in total. The third-order valence-corrected chi connectivity index (χ3v) is 5.68. The van der Waals surface area contributed by atoms with Crippen LogP contribution in [-0.4, -0.2) is 8.32 Å². The highest BCUT2D eigenvalue weighted by atomic mass is 79.9. The molecular weight excluding hydrogens is 304 g/mol. The number of hydrogen-bond acceptors (Lipinski definition) is 1. The first-order chi connectivity index (χ1) is 8.46. The van der Waals surface area contributed by atoms with E-state index < -0.39 is 8.32 Å². The van der Waals surface area contributed by atoms with Crippen LogP contribution in [0.3, 0.4) is 0 Å². The van der Waals surface area contributed by atoms with E-state index >= 15 is 0 Å². The van der Waals surface area contributed by atoms with E-state index in [1.807, 2.05) is 0 Å². The number of halogens is 1. The van der Waals surface area contributed by atoms with Gasteiger partial charge in [0, 0.05) is 10.0 Å². The molecule has 1 aromatic rings. The van der Waals surface area contributed by atoms with Gasteiger partial charge in [-0.2, -0.15) is 0 Å². The van der Waals surface area contributed by atoms with E-state index in [0.717, 1.165) is 11.8 Å². The zero-order chi connectivity index (χ0) is 12.9. The van der Waals surface area contributed by atoms with Gasteiger partial charge in [-0.05, 0) is 74.9 Å². The lowest BCUT2D eigenvalue weighted by atomic mass is 9.67. The van der Waals surface area contributed by atoms with E-state index in [1.54, 1.807) is 5.56 Å². The average molecular weight is 325 g/mol. The summed E-state index contributed by atoms with van der Waals surface area (Å²) in [6, 6.07) is 4.37. The van der Waals surface area contributed by atoms with E-state index in [2.05, 4.69) is 47.7 Å². The van der Waals surface area contributed by atoms with Crippen molar-refractivity contribution in [2.75, 3.05) is 0 Å². The Morgan fingerprint density at radius 1 is 1.00 bits per heavy atom. The highest BCUT2D eigenvalue weighted by Gasteiger charge is 2.37. The predicted octanol–water partition coefficient (Wildman–Crippen LogP) is 5.42. The van der Waals surface area contributed by atoms with Gasteiger partial charge in [0.1, 0.15) is 5.75 Å². The SMILES string of the molecule is C[Si](C)(C)Oc1ccc(Br)c2c1C1CCC2CC1. The van der Waals surface area contributed by atoms with Crippen molar-refractivity contribution in [2.24, 2.45) is 0 Å². The van der Waals surface area contributed by atoms with Gasteiger partial charge in [0.15, 0.2) is 0 Å². The zero-order valence-electron chi connectivity index (χ0n) is 11.4. The number of rotatable bonds is 2. The van der Waals surface area contributed by atoms with Crippen molar-refractivity contribution >= 4 is 24.2 Å². The van der Waals surface area contributed by atoms with E-state index in [-0.39, 0.29) is 0 Å². The molecule has 4 rings (SSSR count). The molecule has 0 saturated heterocycles. The molecule has 0 aromatic heterocycles. The Kier molecular flexibility index (Phi) is 3.10. The van der Waals surface area contributed by atoms with Crippen molar-refractivity contribution in [3.8, 4) is 5.75 Å². The summed E-state index contributed by atoms with van der Waals surface area (Å²) in [6.07, 6.45) is 5.45. The largest absolute Gasteiger partial charge is 0.544 e.